The molecule has 0 bridgehead atoms. The lowest BCUT2D eigenvalue weighted by atomic mass is 9.99. The Morgan fingerprint density at radius 1 is 1.00 bits per heavy atom. The van der Waals surface area contributed by atoms with E-state index >= 15 is 0 Å². The second kappa shape index (κ2) is 5.71. The van der Waals surface area contributed by atoms with Crippen LogP contribution < -0.4 is 5.32 Å². The molecular weight excluding hydrogens is 214 g/mol. The lowest BCUT2D eigenvalue weighted by Crippen LogP contribution is -2.51. The summed E-state index contributed by atoms with van der Waals surface area (Å²) < 4.78 is 0. The number of nitrogens with zero attached hydrogens (tertiary/aromatic N) is 2. The minimum Gasteiger partial charge on any atom is -0.325 e. The molecule has 0 aromatic heterocycles. The van der Waals surface area contributed by atoms with Gasteiger partial charge in [-0.05, 0) is 38.6 Å². The summed E-state index contributed by atoms with van der Waals surface area (Å²) in [4.78, 5) is 16.4. The van der Waals surface area contributed by atoms with Crippen LogP contribution in [0.15, 0.2) is 0 Å². The average Bonchev–Trinajstić information content (AvgIpc) is 2.39. The SMILES string of the molecule is CNC1CCN(C(=O)N2CCC(C)CC2)CC1. The minimum atomic E-state index is 0.270. The third kappa shape index (κ3) is 3.12. The molecule has 0 saturated carbocycles. The summed E-state index contributed by atoms with van der Waals surface area (Å²) >= 11 is 0. The van der Waals surface area contributed by atoms with E-state index in [0.29, 0.717) is 6.04 Å². The maximum Gasteiger partial charge on any atom is 0.319 e. The van der Waals surface area contributed by atoms with Crippen LogP contribution >= 0.6 is 0 Å². The van der Waals surface area contributed by atoms with Gasteiger partial charge in [-0.25, -0.2) is 4.79 Å². The topological polar surface area (TPSA) is 35.6 Å². The highest BCUT2D eigenvalue weighted by molar-refractivity contribution is 5.74. The van der Waals surface area contributed by atoms with Gasteiger partial charge in [-0.15, -0.1) is 0 Å². The first kappa shape index (κ1) is 12.7. The number of nitrogens with one attached hydrogen (secondary N) is 1. The molecule has 2 saturated heterocycles. The van der Waals surface area contributed by atoms with E-state index in [2.05, 4.69) is 12.2 Å². The molecule has 4 nitrogen and oxygen atoms in total. The zero-order valence-corrected chi connectivity index (χ0v) is 11.1. The predicted octanol–water partition coefficient (Wildman–Crippen LogP) is 1.52. The largest absolute Gasteiger partial charge is 0.325 e. The molecule has 2 aliphatic rings. The number of hydrogen-bond acceptors (Lipinski definition) is 2. The molecule has 4 heteroatoms. The summed E-state index contributed by atoms with van der Waals surface area (Å²) in [6.07, 6.45) is 4.51. The Morgan fingerprint density at radius 3 is 1.94 bits per heavy atom. The van der Waals surface area contributed by atoms with Crippen molar-refractivity contribution in [3.8, 4) is 0 Å². The normalized spacial score (nSPS) is 24.1. The van der Waals surface area contributed by atoms with Crippen molar-refractivity contribution in [2.45, 2.75) is 38.6 Å². The molecule has 2 rings (SSSR count). The summed E-state index contributed by atoms with van der Waals surface area (Å²) in [5, 5.41) is 3.30. The molecule has 2 amide bonds. The van der Waals surface area contributed by atoms with Gasteiger partial charge in [-0.2, -0.15) is 0 Å². The van der Waals surface area contributed by atoms with Gasteiger partial charge in [0.25, 0.3) is 0 Å². The fraction of sp³-hybridized carbons (Fsp3) is 0.923. The third-order valence-electron chi connectivity index (χ3n) is 4.23. The van der Waals surface area contributed by atoms with Crippen molar-refractivity contribution in [1.29, 1.82) is 0 Å². The Kier molecular flexibility index (Phi) is 4.26. The molecule has 1 N–H and O–H groups in total. The van der Waals surface area contributed by atoms with Crippen molar-refractivity contribution in [1.82, 2.24) is 15.1 Å². The third-order valence-corrected chi connectivity index (χ3v) is 4.23. The second-order valence-corrected chi connectivity index (χ2v) is 5.50. The number of piperidine rings is 2. The number of rotatable bonds is 1. The van der Waals surface area contributed by atoms with E-state index in [4.69, 9.17) is 0 Å². The van der Waals surface area contributed by atoms with Gasteiger partial charge in [0, 0.05) is 32.2 Å². The maximum atomic E-state index is 12.3. The molecule has 0 radical (unpaired) electrons. The van der Waals surface area contributed by atoms with Crippen LogP contribution in [0.25, 0.3) is 0 Å². The van der Waals surface area contributed by atoms with Crippen molar-refractivity contribution in [2.24, 2.45) is 5.92 Å². The highest BCUT2D eigenvalue weighted by atomic mass is 16.2. The first-order valence-electron chi connectivity index (χ1n) is 6.92. The van der Waals surface area contributed by atoms with Gasteiger partial charge in [-0.1, -0.05) is 6.92 Å². The van der Waals surface area contributed by atoms with Crippen LogP contribution in [0, 0.1) is 5.92 Å². The van der Waals surface area contributed by atoms with Crippen LogP contribution in [0.5, 0.6) is 0 Å². The van der Waals surface area contributed by atoms with Crippen molar-refractivity contribution >= 4 is 6.03 Å². The minimum absolute atomic E-state index is 0.270. The summed E-state index contributed by atoms with van der Waals surface area (Å²) in [6, 6.07) is 0.867. The summed E-state index contributed by atoms with van der Waals surface area (Å²) in [5.41, 5.74) is 0. The Bertz CT molecular complexity index is 253. The smallest absolute Gasteiger partial charge is 0.319 e. The van der Waals surface area contributed by atoms with Crippen LogP contribution in [0.2, 0.25) is 0 Å². The fourth-order valence-electron chi connectivity index (χ4n) is 2.76. The van der Waals surface area contributed by atoms with Crippen LogP contribution in [0.3, 0.4) is 0 Å². The van der Waals surface area contributed by atoms with Crippen molar-refractivity contribution < 1.29 is 4.79 Å². The molecule has 0 unspecified atom stereocenters. The number of carbonyl (C=O) groups excluding carboxylic acids is 1. The number of urea groups is 1. The van der Waals surface area contributed by atoms with Gasteiger partial charge in [0.2, 0.25) is 0 Å². The maximum absolute atomic E-state index is 12.3. The lowest BCUT2D eigenvalue weighted by molar-refractivity contribution is 0.122. The van der Waals surface area contributed by atoms with E-state index in [1.807, 2.05) is 16.8 Å². The monoisotopic (exact) mass is 239 g/mol. The summed E-state index contributed by atoms with van der Waals surface area (Å²) in [7, 11) is 2.01. The first-order chi connectivity index (χ1) is 8.20. The van der Waals surface area contributed by atoms with Crippen LogP contribution in [0.1, 0.15) is 32.6 Å². The Labute approximate surface area is 104 Å². The molecule has 98 valence electrons. The lowest BCUT2D eigenvalue weighted by Gasteiger charge is -2.38. The van der Waals surface area contributed by atoms with E-state index in [1.165, 1.54) is 12.8 Å². The van der Waals surface area contributed by atoms with Crippen LogP contribution in [-0.4, -0.2) is 55.1 Å². The molecule has 0 aromatic rings. The number of carbonyl (C=O) groups is 1. The Balaban J connectivity index is 1.80. The Hall–Kier alpha value is -0.770. The average molecular weight is 239 g/mol. The molecule has 2 heterocycles. The van der Waals surface area contributed by atoms with Crippen LogP contribution in [0.4, 0.5) is 4.79 Å². The summed E-state index contributed by atoms with van der Waals surface area (Å²) in [6.45, 7) is 6.00. The highest BCUT2D eigenvalue weighted by Crippen LogP contribution is 2.19. The predicted molar refractivity (Wildman–Crippen MR) is 69.0 cm³/mol. The van der Waals surface area contributed by atoms with Gasteiger partial charge in [-0.3, -0.25) is 0 Å². The molecule has 0 spiro atoms. The van der Waals surface area contributed by atoms with E-state index in [0.717, 1.165) is 44.9 Å². The molecule has 0 atom stereocenters. The van der Waals surface area contributed by atoms with Gasteiger partial charge in [0.15, 0.2) is 0 Å². The first-order valence-corrected chi connectivity index (χ1v) is 6.92. The summed E-state index contributed by atoms with van der Waals surface area (Å²) in [5.74, 6) is 0.786. The standard InChI is InChI=1S/C13H25N3O/c1-11-3-7-15(8-4-11)13(17)16-9-5-12(14-2)6-10-16/h11-12,14H,3-10H2,1-2H3. The van der Waals surface area contributed by atoms with E-state index in [9.17, 15) is 4.79 Å². The van der Waals surface area contributed by atoms with Crippen LogP contribution in [-0.2, 0) is 0 Å². The van der Waals surface area contributed by atoms with Gasteiger partial charge >= 0.3 is 6.03 Å². The molecule has 0 aromatic carbocycles. The zero-order chi connectivity index (χ0) is 12.3. The highest BCUT2D eigenvalue weighted by Gasteiger charge is 2.27. The molecule has 17 heavy (non-hydrogen) atoms. The van der Waals surface area contributed by atoms with E-state index in [-0.39, 0.29) is 6.03 Å². The van der Waals surface area contributed by atoms with E-state index in [1.54, 1.807) is 0 Å². The van der Waals surface area contributed by atoms with Crippen molar-refractivity contribution in [2.75, 3.05) is 33.2 Å². The number of amides is 2. The van der Waals surface area contributed by atoms with Gasteiger partial charge < -0.3 is 15.1 Å². The Morgan fingerprint density at radius 2 is 1.47 bits per heavy atom. The van der Waals surface area contributed by atoms with Crippen molar-refractivity contribution in [3.05, 3.63) is 0 Å². The molecule has 0 aliphatic carbocycles. The van der Waals surface area contributed by atoms with Gasteiger partial charge in [0.1, 0.15) is 0 Å². The second-order valence-electron chi connectivity index (χ2n) is 5.50. The molecule has 2 fully saturated rings. The van der Waals surface area contributed by atoms with Gasteiger partial charge in [0.05, 0.1) is 0 Å². The zero-order valence-electron chi connectivity index (χ0n) is 11.1. The molecule has 2 aliphatic heterocycles. The van der Waals surface area contributed by atoms with Crippen molar-refractivity contribution in [3.63, 3.8) is 0 Å². The van der Waals surface area contributed by atoms with E-state index < -0.39 is 0 Å². The quantitative estimate of drug-likeness (QED) is 0.753. The fourth-order valence-corrected chi connectivity index (χ4v) is 2.76. The molecular formula is C13H25N3O. The number of likely N-dealkylation sites (tertiary alicyclic amines) is 2. The number of hydrogen-bond donors (Lipinski definition) is 1.